The van der Waals surface area contributed by atoms with E-state index in [1.165, 1.54) is 24.1 Å². The molecule has 1 aromatic heterocycles. The molecule has 7 nitrogen and oxygen atoms in total. The van der Waals surface area contributed by atoms with Gasteiger partial charge in [-0.3, -0.25) is 9.59 Å². The van der Waals surface area contributed by atoms with Crippen molar-refractivity contribution in [3.63, 3.8) is 0 Å². The Kier molecular flexibility index (Phi) is 6.14. The third-order valence-electron chi connectivity index (χ3n) is 2.51. The lowest BCUT2D eigenvalue weighted by atomic mass is 10.5. The Bertz CT molecular complexity index is 627. The molecule has 0 aromatic carbocycles. The monoisotopic (exact) mass is 353 g/mol. The van der Waals surface area contributed by atoms with Gasteiger partial charge >= 0.3 is 0 Å². The molecule has 0 unspecified atom stereocenters. The van der Waals surface area contributed by atoms with E-state index >= 15 is 0 Å². The maximum Gasteiger partial charge on any atom is 0.252 e. The van der Waals surface area contributed by atoms with Crippen molar-refractivity contribution in [2.45, 2.75) is 4.21 Å². The SMILES string of the molecule is CN(C)C(=O)CNC(=O)CN(C)S(=O)(=O)c1ccc(Cl)s1. The van der Waals surface area contributed by atoms with E-state index in [9.17, 15) is 18.0 Å². The number of hydrogen-bond acceptors (Lipinski definition) is 5. The molecule has 0 fully saturated rings. The van der Waals surface area contributed by atoms with Crippen molar-refractivity contribution in [1.29, 1.82) is 0 Å². The molecule has 1 N–H and O–H groups in total. The zero-order valence-corrected chi connectivity index (χ0v) is 14.2. The number of nitrogens with zero attached hydrogens (tertiary/aromatic N) is 2. The Morgan fingerprint density at radius 3 is 2.38 bits per heavy atom. The van der Waals surface area contributed by atoms with Gasteiger partial charge in [0, 0.05) is 21.1 Å². The van der Waals surface area contributed by atoms with Crippen molar-refractivity contribution in [2.24, 2.45) is 0 Å². The van der Waals surface area contributed by atoms with Gasteiger partial charge in [0.1, 0.15) is 4.21 Å². The average Bonchev–Trinajstić information content (AvgIpc) is 2.82. The van der Waals surface area contributed by atoms with E-state index in [2.05, 4.69) is 5.32 Å². The number of hydrogen-bond donors (Lipinski definition) is 1. The van der Waals surface area contributed by atoms with Gasteiger partial charge in [0.15, 0.2) is 0 Å². The highest BCUT2D eigenvalue weighted by molar-refractivity contribution is 7.91. The highest BCUT2D eigenvalue weighted by Gasteiger charge is 2.24. The first-order chi connectivity index (χ1) is 9.64. The van der Waals surface area contributed by atoms with Gasteiger partial charge in [0.25, 0.3) is 10.0 Å². The second-order valence-electron chi connectivity index (χ2n) is 4.38. The molecule has 0 aliphatic carbocycles. The lowest BCUT2D eigenvalue weighted by molar-refractivity contribution is -0.130. The van der Waals surface area contributed by atoms with Crippen molar-refractivity contribution in [3.8, 4) is 0 Å². The number of carbonyl (C=O) groups is 2. The van der Waals surface area contributed by atoms with Crippen molar-refractivity contribution in [3.05, 3.63) is 16.5 Å². The minimum absolute atomic E-state index is 0.0622. The summed E-state index contributed by atoms with van der Waals surface area (Å²) in [5.41, 5.74) is 0. The summed E-state index contributed by atoms with van der Waals surface area (Å²) in [6.07, 6.45) is 0. The Labute approximate surface area is 132 Å². The van der Waals surface area contributed by atoms with Crippen LogP contribution in [0.4, 0.5) is 0 Å². The number of nitrogens with one attached hydrogen (secondary N) is 1. The van der Waals surface area contributed by atoms with Crippen LogP contribution in [0.15, 0.2) is 16.3 Å². The Morgan fingerprint density at radius 1 is 1.29 bits per heavy atom. The zero-order valence-electron chi connectivity index (χ0n) is 11.8. The maximum atomic E-state index is 12.1. The molecular formula is C11H16ClN3O4S2. The van der Waals surface area contributed by atoms with Gasteiger partial charge in [-0.05, 0) is 12.1 Å². The summed E-state index contributed by atoms with van der Waals surface area (Å²) in [4.78, 5) is 24.3. The third kappa shape index (κ3) is 4.95. The first-order valence-corrected chi connectivity index (χ1v) is 8.46. The molecule has 0 atom stereocenters. The molecule has 0 aliphatic heterocycles. The molecule has 118 valence electrons. The minimum atomic E-state index is -3.76. The van der Waals surface area contributed by atoms with Gasteiger partial charge in [0.05, 0.1) is 17.4 Å². The average molecular weight is 354 g/mol. The molecule has 1 aromatic rings. The molecule has 0 radical (unpaired) electrons. The van der Waals surface area contributed by atoms with Crippen LogP contribution >= 0.6 is 22.9 Å². The normalized spacial score (nSPS) is 11.5. The standard InChI is InChI=1S/C11H16ClN3O4S2/c1-14(2)10(17)6-13-9(16)7-15(3)21(18,19)11-5-4-8(12)20-11/h4-5H,6-7H2,1-3H3,(H,13,16). The van der Waals surface area contributed by atoms with Crippen LogP contribution in [0.1, 0.15) is 0 Å². The fourth-order valence-corrected chi connectivity index (χ4v) is 4.09. The fourth-order valence-electron chi connectivity index (χ4n) is 1.27. The van der Waals surface area contributed by atoms with Crippen molar-refractivity contribution < 1.29 is 18.0 Å². The molecule has 0 bridgehead atoms. The van der Waals surface area contributed by atoms with E-state index < -0.39 is 15.9 Å². The molecule has 1 rings (SSSR count). The summed E-state index contributed by atoms with van der Waals surface area (Å²) >= 11 is 6.62. The summed E-state index contributed by atoms with van der Waals surface area (Å²) in [5, 5.41) is 2.36. The van der Waals surface area contributed by atoms with Gasteiger partial charge in [-0.25, -0.2) is 8.42 Å². The first-order valence-electron chi connectivity index (χ1n) is 5.83. The first kappa shape index (κ1) is 17.9. The van der Waals surface area contributed by atoms with Crippen LogP contribution < -0.4 is 5.32 Å². The molecule has 2 amide bonds. The third-order valence-corrected chi connectivity index (χ3v) is 6.02. The van der Waals surface area contributed by atoms with Gasteiger partial charge in [0.2, 0.25) is 11.8 Å². The highest BCUT2D eigenvalue weighted by atomic mass is 35.5. The Hall–Kier alpha value is -1.16. The van der Waals surface area contributed by atoms with Gasteiger partial charge in [-0.15, -0.1) is 11.3 Å². The Balaban J connectivity index is 2.62. The summed E-state index contributed by atoms with van der Waals surface area (Å²) < 4.78 is 25.6. The number of carbonyl (C=O) groups excluding carboxylic acids is 2. The molecule has 10 heteroatoms. The molecule has 0 saturated carbocycles. The van der Waals surface area contributed by atoms with Crippen molar-refractivity contribution >= 4 is 44.8 Å². The van der Waals surface area contributed by atoms with E-state index in [0.717, 1.165) is 15.6 Å². The summed E-state index contributed by atoms with van der Waals surface area (Å²) in [6.45, 7) is -0.552. The lowest BCUT2D eigenvalue weighted by Gasteiger charge is -2.16. The van der Waals surface area contributed by atoms with Crippen LogP contribution in [0.2, 0.25) is 4.34 Å². The zero-order chi connectivity index (χ0) is 16.2. The van der Waals surface area contributed by atoms with Gasteiger partial charge in [-0.2, -0.15) is 4.31 Å². The summed E-state index contributed by atoms with van der Waals surface area (Å²) in [5.74, 6) is -0.835. The van der Waals surface area contributed by atoms with Crippen LogP contribution in [-0.2, 0) is 19.6 Å². The van der Waals surface area contributed by atoms with Crippen molar-refractivity contribution in [1.82, 2.24) is 14.5 Å². The second kappa shape index (κ2) is 7.21. The summed E-state index contributed by atoms with van der Waals surface area (Å²) in [6, 6.07) is 2.86. The fraction of sp³-hybridized carbons (Fsp3) is 0.455. The predicted molar refractivity (Wildman–Crippen MR) is 80.8 cm³/mol. The molecular weight excluding hydrogens is 338 g/mol. The lowest BCUT2D eigenvalue weighted by Crippen LogP contribution is -2.42. The predicted octanol–water partition coefficient (Wildman–Crippen LogP) is 0.226. The van der Waals surface area contributed by atoms with Crippen LogP contribution in [0.5, 0.6) is 0 Å². The number of sulfonamides is 1. The number of thiophene rings is 1. The van der Waals surface area contributed by atoms with Crippen LogP contribution in [0, 0.1) is 0 Å². The quantitative estimate of drug-likeness (QED) is 0.793. The molecule has 0 saturated heterocycles. The second-order valence-corrected chi connectivity index (χ2v) is 8.37. The Morgan fingerprint density at radius 2 is 1.90 bits per heavy atom. The number of halogens is 1. The molecule has 1 heterocycles. The summed E-state index contributed by atoms with van der Waals surface area (Å²) in [7, 11) is 0.653. The number of amides is 2. The smallest absolute Gasteiger partial charge is 0.252 e. The minimum Gasteiger partial charge on any atom is -0.347 e. The van der Waals surface area contributed by atoms with Crippen LogP contribution in [0.3, 0.4) is 0 Å². The van der Waals surface area contributed by atoms with Gasteiger partial charge < -0.3 is 10.2 Å². The number of likely N-dealkylation sites (N-methyl/N-ethyl adjacent to an activating group) is 2. The van der Waals surface area contributed by atoms with E-state index in [1.807, 2.05) is 0 Å². The molecule has 0 aliphatic rings. The topological polar surface area (TPSA) is 86.8 Å². The van der Waals surface area contributed by atoms with Crippen LogP contribution in [0.25, 0.3) is 0 Å². The van der Waals surface area contributed by atoms with Gasteiger partial charge in [-0.1, -0.05) is 11.6 Å². The largest absolute Gasteiger partial charge is 0.347 e. The molecule has 21 heavy (non-hydrogen) atoms. The van der Waals surface area contributed by atoms with E-state index in [0.29, 0.717) is 4.34 Å². The van der Waals surface area contributed by atoms with E-state index in [1.54, 1.807) is 14.1 Å². The van der Waals surface area contributed by atoms with Crippen LogP contribution in [-0.4, -0.2) is 63.7 Å². The van der Waals surface area contributed by atoms with E-state index in [4.69, 9.17) is 11.6 Å². The maximum absolute atomic E-state index is 12.1. The number of rotatable bonds is 6. The molecule has 0 spiro atoms. The van der Waals surface area contributed by atoms with Crippen molar-refractivity contribution in [2.75, 3.05) is 34.2 Å². The highest BCUT2D eigenvalue weighted by Crippen LogP contribution is 2.27. The van der Waals surface area contributed by atoms with E-state index in [-0.39, 0.29) is 23.2 Å².